The predicted octanol–water partition coefficient (Wildman–Crippen LogP) is 4.65. The first kappa shape index (κ1) is 30.3. The molecule has 2 aliphatic rings. The minimum atomic E-state index is -5.08. The van der Waals surface area contributed by atoms with E-state index in [1.165, 1.54) is 5.56 Å². The number of likely N-dealkylation sites (tertiary alicyclic amines) is 1. The van der Waals surface area contributed by atoms with Crippen LogP contribution in [0.5, 0.6) is 0 Å². The van der Waals surface area contributed by atoms with Gasteiger partial charge in [0.1, 0.15) is 5.82 Å². The monoisotopic (exact) mass is 557 g/mol. The number of hydrogen-bond donors (Lipinski definition) is 3. The lowest BCUT2D eigenvalue weighted by molar-refractivity contribution is -0.193. The number of carboxylic acid groups (broad SMARTS) is 2. The van der Waals surface area contributed by atoms with Gasteiger partial charge in [0.05, 0.1) is 5.60 Å². The molecule has 2 fully saturated rings. The summed E-state index contributed by atoms with van der Waals surface area (Å²) in [5, 5.41) is 22.2. The molecule has 2 aromatic rings. The van der Waals surface area contributed by atoms with Gasteiger partial charge in [-0.2, -0.15) is 37.7 Å². The molecular formula is C22H25F6N3O5S. The number of carboxylic acids is 2. The minimum Gasteiger partial charge on any atom is -0.475 e. The summed E-state index contributed by atoms with van der Waals surface area (Å²) in [6, 6.07) is 8.71. The van der Waals surface area contributed by atoms with E-state index in [4.69, 9.17) is 24.5 Å². The zero-order valence-electron chi connectivity index (χ0n) is 19.3. The number of aromatic nitrogens is 1. The second-order valence-corrected chi connectivity index (χ2v) is 9.06. The third-order valence-electron chi connectivity index (χ3n) is 5.38. The predicted molar refractivity (Wildman–Crippen MR) is 121 cm³/mol. The summed E-state index contributed by atoms with van der Waals surface area (Å²) in [5.41, 5.74) is 1.45. The number of alkyl halides is 6. The van der Waals surface area contributed by atoms with Gasteiger partial charge in [0.25, 0.3) is 0 Å². The fraction of sp³-hybridized carbons (Fsp3) is 0.500. The summed E-state index contributed by atoms with van der Waals surface area (Å²) in [6.07, 6.45) is -5.06. The number of halogens is 6. The zero-order valence-corrected chi connectivity index (χ0v) is 20.1. The van der Waals surface area contributed by atoms with Gasteiger partial charge in [0.15, 0.2) is 0 Å². The molecule has 8 nitrogen and oxygen atoms in total. The van der Waals surface area contributed by atoms with Gasteiger partial charge in [0.2, 0.25) is 0 Å². The summed E-state index contributed by atoms with van der Waals surface area (Å²) in [4.78, 5) is 24.7. The highest BCUT2D eigenvalue weighted by molar-refractivity contribution is 7.07. The second-order valence-electron chi connectivity index (χ2n) is 8.28. The Labute approximate surface area is 211 Å². The Hall–Kier alpha value is -2.91. The van der Waals surface area contributed by atoms with Crippen LogP contribution < -0.4 is 5.32 Å². The Morgan fingerprint density at radius 1 is 1.14 bits per heavy atom. The van der Waals surface area contributed by atoms with Crippen molar-refractivity contribution in [1.29, 1.82) is 0 Å². The number of carbonyl (C=O) groups is 2. The van der Waals surface area contributed by atoms with Crippen molar-refractivity contribution in [2.24, 2.45) is 0 Å². The lowest BCUT2D eigenvalue weighted by atomic mass is 9.89. The Morgan fingerprint density at radius 2 is 1.78 bits per heavy atom. The summed E-state index contributed by atoms with van der Waals surface area (Å²) < 4.78 is 69.7. The van der Waals surface area contributed by atoms with Crippen LogP contribution in [0.25, 0.3) is 0 Å². The highest BCUT2D eigenvalue weighted by Gasteiger charge is 2.43. The normalized spacial score (nSPS) is 21.8. The van der Waals surface area contributed by atoms with Crippen LogP contribution in [0, 0.1) is 0 Å². The van der Waals surface area contributed by atoms with Gasteiger partial charge in [-0.1, -0.05) is 6.07 Å². The number of anilines is 1. The summed E-state index contributed by atoms with van der Waals surface area (Å²) in [6.45, 7) is 4.07. The largest absolute Gasteiger partial charge is 0.490 e. The van der Waals surface area contributed by atoms with Crippen LogP contribution in [-0.4, -0.2) is 75.7 Å². The topological polar surface area (TPSA) is 112 Å². The maximum atomic E-state index is 10.6. The number of rotatable bonds is 4. The van der Waals surface area contributed by atoms with Crippen LogP contribution in [0.3, 0.4) is 0 Å². The molecule has 2 atom stereocenters. The molecule has 37 heavy (non-hydrogen) atoms. The number of ether oxygens (including phenoxy) is 1. The second kappa shape index (κ2) is 13.1. The number of hydrogen-bond acceptors (Lipinski definition) is 7. The molecule has 0 aliphatic carbocycles. The third kappa shape index (κ3) is 10.5. The van der Waals surface area contributed by atoms with E-state index in [-0.39, 0.29) is 5.60 Å². The fourth-order valence-corrected chi connectivity index (χ4v) is 4.46. The molecule has 2 saturated heterocycles. The van der Waals surface area contributed by atoms with Crippen molar-refractivity contribution >= 4 is 29.1 Å². The molecular weight excluding hydrogens is 532 g/mol. The van der Waals surface area contributed by atoms with Crippen molar-refractivity contribution < 1.29 is 50.9 Å². The van der Waals surface area contributed by atoms with Crippen LogP contribution in [0.4, 0.5) is 32.2 Å². The molecule has 0 radical (unpaired) electrons. The first-order valence-electron chi connectivity index (χ1n) is 10.9. The maximum Gasteiger partial charge on any atom is 0.490 e. The molecule has 15 heteroatoms. The highest BCUT2D eigenvalue weighted by Crippen LogP contribution is 2.35. The molecule has 4 rings (SSSR count). The number of thiophene rings is 1. The van der Waals surface area contributed by atoms with E-state index >= 15 is 0 Å². The molecule has 0 amide bonds. The maximum absolute atomic E-state index is 10.6. The minimum absolute atomic E-state index is 0.0285. The van der Waals surface area contributed by atoms with Crippen LogP contribution in [-0.2, 0) is 20.9 Å². The smallest absolute Gasteiger partial charge is 0.475 e. The van der Waals surface area contributed by atoms with Crippen LogP contribution in [0.2, 0.25) is 0 Å². The summed E-state index contributed by atoms with van der Waals surface area (Å²) in [5.74, 6) is -4.54. The lowest BCUT2D eigenvalue weighted by Gasteiger charge is -2.38. The molecule has 2 aromatic heterocycles. The van der Waals surface area contributed by atoms with E-state index in [9.17, 15) is 26.3 Å². The van der Waals surface area contributed by atoms with Gasteiger partial charge in [-0.3, -0.25) is 4.90 Å². The van der Waals surface area contributed by atoms with E-state index in [0.717, 1.165) is 51.3 Å². The number of pyridine rings is 1. The first-order chi connectivity index (χ1) is 17.2. The number of aliphatic carboxylic acids is 2. The van der Waals surface area contributed by atoms with Crippen LogP contribution in [0.15, 0.2) is 41.2 Å². The van der Waals surface area contributed by atoms with Crippen molar-refractivity contribution in [3.8, 4) is 0 Å². The van der Waals surface area contributed by atoms with Crippen molar-refractivity contribution in [3.63, 3.8) is 0 Å². The average molecular weight is 558 g/mol. The Kier molecular flexibility index (Phi) is 10.7. The Morgan fingerprint density at radius 3 is 2.30 bits per heavy atom. The molecule has 1 spiro atoms. The molecule has 2 aliphatic heterocycles. The molecule has 0 aromatic carbocycles. The molecule has 206 valence electrons. The van der Waals surface area contributed by atoms with Crippen molar-refractivity contribution in [2.45, 2.75) is 49.8 Å². The lowest BCUT2D eigenvalue weighted by Crippen LogP contribution is -2.46. The Bertz CT molecular complexity index is 967. The van der Waals surface area contributed by atoms with Crippen molar-refractivity contribution in [1.82, 2.24) is 9.88 Å². The zero-order chi connectivity index (χ0) is 27.7. The van der Waals surface area contributed by atoms with Crippen molar-refractivity contribution in [2.75, 3.05) is 25.0 Å². The summed E-state index contributed by atoms with van der Waals surface area (Å²) >= 11 is 1.78. The fourth-order valence-electron chi connectivity index (χ4n) is 3.80. The standard InChI is InChI=1S/C18H23N3OS.2C2HF3O2/c1-2-7-19-17(3-1)20-16-4-9-22-18(11-16)6-8-21(14-18)12-15-5-10-23-13-15;2*3-2(4,5)1(6)7/h1-3,5,7,10,13,16H,4,6,8-9,11-12,14H2,(H,19,20);2*(H,6,7)/t16-,18-;;/m1../s1. The molecule has 4 heterocycles. The van der Waals surface area contributed by atoms with Gasteiger partial charge in [-0.15, -0.1) is 0 Å². The van der Waals surface area contributed by atoms with Crippen LogP contribution in [0.1, 0.15) is 24.8 Å². The number of nitrogens with zero attached hydrogens (tertiary/aromatic N) is 2. The third-order valence-corrected chi connectivity index (χ3v) is 6.11. The van der Waals surface area contributed by atoms with Crippen molar-refractivity contribution in [3.05, 3.63) is 46.8 Å². The van der Waals surface area contributed by atoms with E-state index in [1.54, 1.807) is 11.3 Å². The van der Waals surface area contributed by atoms with Crippen LogP contribution >= 0.6 is 11.3 Å². The summed E-state index contributed by atoms with van der Waals surface area (Å²) in [7, 11) is 0. The number of nitrogens with one attached hydrogen (secondary N) is 1. The van der Waals surface area contributed by atoms with Gasteiger partial charge in [0, 0.05) is 38.5 Å². The molecule has 0 bridgehead atoms. The molecule has 0 saturated carbocycles. The SMILES string of the molecule is O=C(O)C(F)(F)F.O=C(O)C(F)(F)F.c1ccc(N[C@@H]2CCO[C@]3(CCN(Cc4ccsc4)C3)C2)nc1. The first-order valence-corrected chi connectivity index (χ1v) is 11.8. The van der Waals surface area contributed by atoms with E-state index in [2.05, 4.69) is 32.0 Å². The highest BCUT2D eigenvalue weighted by atomic mass is 32.1. The van der Waals surface area contributed by atoms with Gasteiger partial charge in [-0.05, 0) is 53.8 Å². The Balaban J connectivity index is 0.000000286. The molecule has 3 N–H and O–H groups in total. The van der Waals surface area contributed by atoms with E-state index < -0.39 is 24.3 Å². The van der Waals surface area contributed by atoms with Gasteiger partial charge >= 0.3 is 24.3 Å². The van der Waals surface area contributed by atoms with E-state index in [1.807, 2.05) is 24.4 Å². The van der Waals surface area contributed by atoms with Gasteiger partial charge < -0.3 is 20.3 Å². The molecule has 0 unspecified atom stereocenters. The van der Waals surface area contributed by atoms with Gasteiger partial charge in [-0.25, -0.2) is 14.6 Å². The van der Waals surface area contributed by atoms with E-state index in [0.29, 0.717) is 6.04 Å². The quantitative estimate of drug-likeness (QED) is 0.466. The average Bonchev–Trinajstić information content (AvgIpc) is 3.45.